The number of carboxylic acids is 1. The molecule has 1 heterocycles. The molecule has 1 rings (SSSR count). The molecule has 0 radical (unpaired) electrons. The number of quaternary nitrogens is 1. The number of aliphatic carboxylic acids is 1. The number of halogens is 2. The van der Waals surface area contributed by atoms with Gasteiger partial charge in [0.25, 0.3) is 17.6 Å². The van der Waals surface area contributed by atoms with Crippen LogP contribution >= 0.6 is 0 Å². The summed E-state index contributed by atoms with van der Waals surface area (Å²) in [5.41, 5.74) is 3.54. The lowest BCUT2D eigenvalue weighted by Crippen LogP contribution is -2.67. The van der Waals surface area contributed by atoms with Crippen molar-refractivity contribution in [2.45, 2.75) is 61.4 Å². The van der Waals surface area contributed by atoms with Gasteiger partial charge in [-0.15, -0.1) is 0 Å². The molecule has 0 aromatic rings. The van der Waals surface area contributed by atoms with Crippen LogP contribution in [0.25, 0.3) is 0 Å². The smallest absolute Gasteiger partial charge is 0.379 e. The molecular weight excluding hydrogens is 432 g/mol. The minimum absolute atomic E-state index is 0.121. The van der Waals surface area contributed by atoms with Crippen molar-refractivity contribution in [1.29, 1.82) is 0 Å². The van der Waals surface area contributed by atoms with Gasteiger partial charge >= 0.3 is 11.9 Å². The van der Waals surface area contributed by atoms with Crippen LogP contribution in [0.5, 0.6) is 0 Å². The molecule has 15 heteroatoms. The van der Waals surface area contributed by atoms with Crippen molar-refractivity contribution in [2.75, 3.05) is 19.7 Å². The highest BCUT2D eigenvalue weighted by atomic mass is 19.3. The van der Waals surface area contributed by atoms with Gasteiger partial charge in [0.15, 0.2) is 6.04 Å². The zero-order chi connectivity index (χ0) is 24.0. The molecule has 1 saturated heterocycles. The second-order valence-electron chi connectivity index (χ2n) is 7.10. The van der Waals surface area contributed by atoms with Crippen molar-refractivity contribution < 1.29 is 64.3 Å². The number of aliphatic hydroxyl groups is 5. The van der Waals surface area contributed by atoms with Crippen LogP contribution < -0.4 is 16.4 Å². The van der Waals surface area contributed by atoms with Gasteiger partial charge in [0.2, 0.25) is 0 Å². The second kappa shape index (κ2) is 11.0. The van der Waals surface area contributed by atoms with E-state index in [1.54, 1.807) is 0 Å². The molecule has 1 aliphatic rings. The van der Waals surface area contributed by atoms with E-state index in [0.717, 1.165) is 0 Å². The molecule has 2 amide bonds. The Kier molecular flexibility index (Phi) is 9.62. The number of nitrogens with one attached hydrogen (secondary N) is 2. The molecule has 180 valence electrons. The molecule has 0 aromatic carbocycles. The van der Waals surface area contributed by atoms with Crippen LogP contribution in [0.3, 0.4) is 0 Å². The third-order valence-corrected chi connectivity index (χ3v) is 4.73. The molecule has 0 spiro atoms. The van der Waals surface area contributed by atoms with E-state index >= 15 is 0 Å². The molecule has 1 aliphatic heterocycles. The Morgan fingerprint density at radius 1 is 1.19 bits per heavy atom. The van der Waals surface area contributed by atoms with Gasteiger partial charge in [0.1, 0.15) is 31.0 Å². The van der Waals surface area contributed by atoms with Crippen LogP contribution in [0.2, 0.25) is 0 Å². The highest BCUT2D eigenvalue weighted by molar-refractivity contribution is 5.85. The lowest BCUT2D eigenvalue weighted by Gasteiger charge is -2.33. The Morgan fingerprint density at radius 2 is 1.81 bits per heavy atom. The SMILES string of the molecule is [NH3+][C@@H](CCCCNC(=O)C(F)(F)[C@]1(O)O[C@@H](C(O)CO)[C@H](O)[C@H]1O)C(=O)NCC(=O)O. The van der Waals surface area contributed by atoms with Gasteiger partial charge in [-0.05, 0) is 12.8 Å². The molecule has 0 bridgehead atoms. The molecule has 1 unspecified atom stereocenters. The predicted octanol–water partition coefficient (Wildman–Crippen LogP) is -5.12. The van der Waals surface area contributed by atoms with Gasteiger partial charge in [-0.3, -0.25) is 14.4 Å². The highest BCUT2D eigenvalue weighted by Crippen LogP contribution is 2.42. The predicted molar refractivity (Wildman–Crippen MR) is 94.1 cm³/mol. The summed E-state index contributed by atoms with van der Waals surface area (Å²) in [6, 6.07) is -0.796. The summed E-state index contributed by atoms with van der Waals surface area (Å²) in [4.78, 5) is 33.8. The molecular formula is C16H28F2N3O10+. The van der Waals surface area contributed by atoms with E-state index in [4.69, 9.17) is 10.2 Å². The minimum atomic E-state index is -4.73. The van der Waals surface area contributed by atoms with E-state index in [0.29, 0.717) is 0 Å². The number of hydrogen-bond donors (Lipinski definition) is 9. The van der Waals surface area contributed by atoms with E-state index in [1.807, 2.05) is 5.32 Å². The Morgan fingerprint density at radius 3 is 2.35 bits per heavy atom. The Balaban J connectivity index is 2.54. The van der Waals surface area contributed by atoms with Crippen LogP contribution in [-0.4, -0.2) is 110 Å². The van der Waals surface area contributed by atoms with Gasteiger partial charge in [0.05, 0.1) is 6.61 Å². The molecule has 0 saturated carbocycles. The van der Waals surface area contributed by atoms with Crippen molar-refractivity contribution in [3.05, 3.63) is 0 Å². The number of amides is 2. The number of aliphatic hydroxyl groups excluding tert-OH is 4. The number of ether oxygens (including phenoxy) is 1. The number of hydrogen-bond acceptors (Lipinski definition) is 9. The van der Waals surface area contributed by atoms with Crippen molar-refractivity contribution in [3.8, 4) is 0 Å². The summed E-state index contributed by atoms with van der Waals surface area (Å²) in [6.07, 6.45) is -8.17. The number of rotatable bonds is 12. The monoisotopic (exact) mass is 460 g/mol. The standard InChI is InChI=1S/C16H27F2N3O10/c17-15(18,16(30)12(27)10(26)11(31-16)8(23)6-22)14(29)20-4-2-1-3-7(19)13(28)21-5-9(24)25/h7-8,10-12,22-23,26-27,30H,1-6,19H2,(H,20,29)(H,21,28)(H,24,25)/p+1/t7-,8?,10-,11-,12+,16+/m0/s1. The zero-order valence-corrected chi connectivity index (χ0v) is 16.4. The van der Waals surface area contributed by atoms with Gasteiger partial charge < -0.3 is 51.7 Å². The van der Waals surface area contributed by atoms with Crippen LogP contribution in [0.4, 0.5) is 8.78 Å². The largest absolute Gasteiger partial charge is 0.480 e. The van der Waals surface area contributed by atoms with E-state index in [-0.39, 0.29) is 25.8 Å². The first kappa shape index (κ1) is 27.0. The Bertz CT molecular complexity index is 655. The average molecular weight is 460 g/mol. The van der Waals surface area contributed by atoms with Crippen LogP contribution in [0, 0.1) is 0 Å². The summed E-state index contributed by atoms with van der Waals surface area (Å²) in [5.74, 6) is -12.4. The van der Waals surface area contributed by atoms with Gasteiger partial charge in [0, 0.05) is 13.0 Å². The number of unbranched alkanes of at least 4 members (excludes halogenated alkanes) is 1. The first-order valence-electron chi connectivity index (χ1n) is 9.33. The molecule has 11 N–H and O–H groups in total. The summed E-state index contributed by atoms with van der Waals surface area (Å²) < 4.78 is 33.4. The summed E-state index contributed by atoms with van der Waals surface area (Å²) in [5, 5.41) is 60.2. The van der Waals surface area contributed by atoms with E-state index in [2.05, 4.69) is 15.8 Å². The Hall–Kier alpha value is -2.01. The normalized spacial score (nSPS) is 28.1. The Labute approximate surface area is 174 Å². The fourth-order valence-corrected chi connectivity index (χ4v) is 2.86. The number of alkyl halides is 2. The third-order valence-electron chi connectivity index (χ3n) is 4.73. The minimum Gasteiger partial charge on any atom is -0.480 e. The molecule has 0 aliphatic carbocycles. The fourth-order valence-electron chi connectivity index (χ4n) is 2.86. The third kappa shape index (κ3) is 6.25. The quantitative estimate of drug-likeness (QED) is 0.126. The van der Waals surface area contributed by atoms with Crippen molar-refractivity contribution in [3.63, 3.8) is 0 Å². The number of carbonyl (C=O) groups excluding carboxylic acids is 2. The van der Waals surface area contributed by atoms with E-state index in [9.17, 15) is 43.6 Å². The molecule has 13 nitrogen and oxygen atoms in total. The second-order valence-corrected chi connectivity index (χ2v) is 7.10. The van der Waals surface area contributed by atoms with Gasteiger partial charge in [-0.25, -0.2) is 0 Å². The molecule has 1 fully saturated rings. The topological polar surface area (TPSA) is 234 Å². The van der Waals surface area contributed by atoms with E-state index in [1.165, 1.54) is 0 Å². The molecule has 31 heavy (non-hydrogen) atoms. The van der Waals surface area contributed by atoms with Gasteiger partial charge in [-0.2, -0.15) is 8.78 Å². The first-order chi connectivity index (χ1) is 14.3. The lowest BCUT2D eigenvalue weighted by molar-refractivity contribution is -0.405. The van der Waals surface area contributed by atoms with Crippen LogP contribution in [0.1, 0.15) is 19.3 Å². The number of carboxylic acid groups (broad SMARTS) is 1. The lowest BCUT2D eigenvalue weighted by atomic mass is 9.97. The molecule has 0 aromatic heterocycles. The zero-order valence-electron chi connectivity index (χ0n) is 16.4. The first-order valence-corrected chi connectivity index (χ1v) is 9.33. The maximum absolute atomic E-state index is 14.5. The van der Waals surface area contributed by atoms with E-state index < -0.39 is 73.1 Å². The van der Waals surface area contributed by atoms with Gasteiger partial charge in [-0.1, -0.05) is 0 Å². The van der Waals surface area contributed by atoms with Crippen LogP contribution in [0.15, 0.2) is 0 Å². The summed E-state index contributed by atoms with van der Waals surface area (Å²) >= 11 is 0. The van der Waals surface area contributed by atoms with Crippen molar-refractivity contribution in [1.82, 2.24) is 10.6 Å². The maximum atomic E-state index is 14.5. The van der Waals surface area contributed by atoms with Crippen molar-refractivity contribution >= 4 is 17.8 Å². The highest BCUT2D eigenvalue weighted by Gasteiger charge is 2.71. The fraction of sp³-hybridized carbons (Fsp3) is 0.812. The molecule has 6 atom stereocenters. The van der Waals surface area contributed by atoms with Crippen molar-refractivity contribution in [2.24, 2.45) is 0 Å². The number of carbonyl (C=O) groups is 3. The maximum Gasteiger partial charge on any atom is 0.379 e. The summed E-state index contributed by atoms with van der Waals surface area (Å²) in [7, 11) is 0. The summed E-state index contributed by atoms with van der Waals surface area (Å²) in [6.45, 7) is -1.91. The average Bonchev–Trinajstić information content (AvgIpc) is 2.96. The van der Waals surface area contributed by atoms with Crippen LogP contribution in [-0.2, 0) is 19.1 Å².